The van der Waals surface area contributed by atoms with Gasteiger partial charge >= 0.3 is 0 Å². The minimum Gasteiger partial charge on any atom is -0.508 e. The second kappa shape index (κ2) is 3.58. The SMILES string of the molecule is CC(C(N)=O)N1C(=O)c2ccc(O)cc2C1=O. The highest BCUT2D eigenvalue weighted by Crippen LogP contribution is 2.27. The predicted molar refractivity (Wildman–Crippen MR) is 57.3 cm³/mol. The van der Waals surface area contributed by atoms with Crippen molar-refractivity contribution in [3.8, 4) is 5.75 Å². The Bertz CT molecular complexity index is 538. The topological polar surface area (TPSA) is 101 Å². The highest BCUT2D eigenvalue weighted by molar-refractivity contribution is 6.22. The highest BCUT2D eigenvalue weighted by Gasteiger charge is 2.40. The number of phenols is 1. The molecule has 6 nitrogen and oxygen atoms in total. The molecule has 0 saturated heterocycles. The summed E-state index contributed by atoms with van der Waals surface area (Å²) in [5.74, 6) is -2.06. The second-order valence-electron chi connectivity index (χ2n) is 3.79. The van der Waals surface area contributed by atoms with E-state index in [4.69, 9.17) is 5.73 Å². The second-order valence-corrected chi connectivity index (χ2v) is 3.79. The van der Waals surface area contributed by atoms with Gasteiger partial charge in [0.1, 0.15) is 11.8 Å². The Morgan fingerprint density at radius 3 is 2.47 bits per heavy atom. The average Bonchev–Trinajstić information content (AvgIpc) is 2.50. The summed E-state index contributed by atoms with van der Waals surface area (Å²) in [7, 11) is 0. The van der Waals surface area contributed by atoms with Gasteiger partial charge in [0.2, 0.25) is 5.91 Å². The van der Waals surface area contributed by atoms with Crippen LogP contribution in [0, 0.1) is 0 Å². The molecule has 1 aliphatic heterocycles. The minimum atomic E-state index is -1.01. The number of imide groups is 1. The van der Waals surface area contributed by atoms with E-state index in [-0.39, 0.29) is 16.9 Å². The van der Waals surface area contributed by atoms with Crippen LogP contribution in [-0.2, 0) is 4.79 Å². The van der Waals surface area contributed by atoms with Gasteiger partial charge in [-0.3, -0.25) is 19.3 Å². The number of hydrogen-bond donors (Lipinski definition) is 2. The molecule has 3 N–H and O–H groups in total. The molecule has 1 aromatic carbocycles. The molecular formula is C11H10N2O4. The van der Waals surface area contributed by atoms with E-state index in [0.717, 1.165) is 4.90 Å². The van der Waals surface area contributed by atoms with Crippen molar-refractivity contribution >= 4 is 17.7 Å². The summed E-state index contributed by atoms with van der Waals surface area (Å²) in [6.45, 7) is 1.38. The van der Waals surface area contributed by atoms with Crippen LogP contribution in [-0.4, -0.2) is 33.8 Å². The summed E-state index contributed by atoms with van der Waals surface area (Å²) in [5, 5.41) is 9.26. The molecule has 88 valence electrons. The fraction of sp³-hybridized carbons (Fsp3) is 0.182. The van der Waals surface area contributed by atoms with Crippen molar-refractivity contribution in [2.45, 2.75) is 13.0 Å². The monoisotopic (exact) mass is 234 g/mol. The zero-order valence-electron chi connectivity index (χ0n) is 9.01. The van der Waals surface area contributed by atoms with Crippen LogP contribution in [0.3, 0.4) is 0 Å². The number of nitrogens with zero attached hydrogens (tertiary/aromatic N) is 1. The van der Waals surface area contributed by atoms with Gasteiger partial charge in [-0.2, -0.15) is 0 Å². The molecule has 0 aromatic heterocycles. The van der Waals surface area contributed by atoms with Crippen molar-refractivity contribution in [2.75, 3.05) is 0 Å². The fourth-order valence-electron chi connectivity index (χ4n) is 1.73. The maximum absolute atomic E-state index is 11.9. The van der Waals surface area contributed by atoms with Crippen molar-refractivity contribution in [3.05, 3.63) is 29.3 Å². The molecule has 0 saturated carbocycles. The third kappa shape index (κ3) is 1.54. The van der Waals surface area contributed by atoms with Crippen LogP contribution in [0.15, 0.2) is 18.2 Å². The number of hydrogen-bond acceptors (Lipinski definition) is 4. The van der Waals surface area contributed by atoms with Gasteiger partial charge in [-0.1, -0.05) is 0 Å². The van der Waals surface area contributed by atoms with Gasteiger partial charge in [0, 0.05) is 0 Å². The van der Waals surface area contributed by atoms with E-state index in [2.05, 4.69) is 0 Å². The Balaban J connectivity index is 2.49. The number of nitrogens with two attached hydrogens (primary N) is 1. The predicted octanol–water partition coefficient (Wildman–Crippen LogP) is -0.138. The van der Waals surface area contributed by atoms with Crippen LogP contribution in [0.1, 0.15) is 27.6 Å². The maximum Gasteiger partial charge on any atom is 0.262 e. The average molecular weight is 234 g/mol. The van der Waals surface area contributed by atoms with E-state index in [0.29, 0.717) is 0 Å². The maximum atomic E-state index is 11.9. The molecule has 2 rings (SSSR count). The Morgan fingerprint density at radius 1 is 1.29 bits per heavy atom. The molecule has 1 aromatic rings. The van der Waals surface area contributed by atoms with E-state index < -0.39 is 23.8 Å². The minimum absolute atomic E-state index is 0.0862. The van der Waals surface area contributed by atoms with Gasteiger partial charge in [-0.15, -0.1) is 0 Å². The largest absolute Gasteiger partial charge is 0.508 e. The van der Waals surface area contributed by atoms with Crippen LogP contribution >= 0.6 is 0 Å². The smallest absolute Gasteiger partial charge is 0.262 e. The molecule has 0 bridgehead atoms. The number of fused-ring (bicyclic) bond motifs is 1. The molecule has 0 spiro atoms. The number of primary amides is 1. The molecule has 0 fully saturated rings. The lowest BCUT2D eigenvalue weighted by atomic mass is 10.1. The Morgan fingerprint density at radius 2 is 1.88 bits per heavy atom. The van der Waals surface area contributed by atoms with Gasteiger partial charge in [-0.25, -0.2) is 0 Å². The van der Waals surface area contributed by atoms with Gasteiger partial charge in [0.25, 0.3) is 11.8 Å². The van der Waals surface area contributed by atoms with Crippen molar-refractivity contribution in [1.82, 2.24) is 4.90 Å². The highest BCUT2D eigenvalue weighted by atomic mass is 16.3. The lowest BCUT2D eigenvalue weighted by Crippen LogP contribution is -2.45. The molecule has 1 atom stereocenters. The van der Waals surface area contributed by atoms with Gasteiger partial charge < -0.3 is 10.8 Å². The number of rotatable bonds is 2. The summed E-state index contributed by atoms with van der Waals surface area (Å²) in [6.07, 6.45) is 0. The van der Waals surface area contributed by atoms with Crippen LogP contribution in [0.5, 0.6) is 5.75 Å². The number of aromatic hydroxyl groups is 1. The van der Waals surface area contributed by atoms with Gasteiger partial charge in [0.15, 0.2) is 0 Å². The van der Waals surface area contributed by atoms with Gasteiger partial charge in [0.05, 0.1) is 11.1 Å². The third-order valence-electron chi connectivity index (χ3n) is 2.70. The third-order valence-corrected chi connectivity index (χ3v) is 2.70. The molecule has 1 unspecified atom stereocenters. The first-order valence-electron chi connectivity index (χ1n) is 4.93. The summed E-state index contributed by atoms with van der Waals surface area (Å²) < 4.78 is 0. The normalized spacial score (nSPS) is 15.9. The molecule has 17 heavy (non-hydrogen) atoms. The Kier molecular flexibility index (Phi) is 2.35. The molecule has 1 aliphatic rings. The van der Waals surface area contributed by atoms with Crippen molar-refractivity contribution < 1.29 is 19.5 Å². The number of phenolic OH excluding ortho intramolecular Hbond substituents is 1. The number of carbonyl (C=O) groups excluding carboxylic acids is 3. The lowest BCUT2D eigenvalue weighted by Gasteiger charge is -2.18. The van der Waals surface area contributed by atoms with Crippen LogP contribution in [0.2, 0.25) is 0 Å². The van der Waals surface area contributed by atoms with Crippen LogP contribution in [0.4, 0.5) is 0 Å². The summed E-state index contributed by atoms with van der Waals surface area (Å²) in [6, 6.07) is 2.84. The van der Waals surface area contributed by atoms with E-state index in [1.54, 1.807) is 0 Å². The Labute approximate surface area is 96.6 Å². The molecular weight excluding hydrogens is 224 g/mol. The molecule has 0 aliphatic carbocycles. The van der Waals surface area contributed by atoms with Gasteiger partial charge in [-0.05, 0) is 25.1 Å². The van der Waals surface area contributed by atoms with Crippen molar-refractivity contribution in [2.24, 2.45) is 5.73 Å². The van der Waals surface area contributed by atoms with Crippen molar-refractivity contribution in [3.63, 3.8) is 0 Å². The van der Waals surface area contributed by atoms with E-state index in [1.165, 1.54) is 25.1 Å². The summed E-state index contributed by atoms with van der Waals surface area (Å²) in [5.41, 5.74) is 5.32. The number of benzene rings is 1. The first-order valence-corrected chi connectivity index (χ1v) is 4.93. The standard InChI is InChI=1S/C11H10N2O4/c1-5(9(12)15)13-10(16)7-3-2-6(14)4-8(7)11(13)17/h2-5,14H,1H3,(H2,12,15). The quantitative estimate of drug-likeness (QED) is 0.695. The number of amides is 3. The lowest BCUT2D eigenvalue weighted by molar-refractivity contribution is -0.121. The first-order chi connectivity index (χ1) is 7.93. The Hall–Kier alpha value is -2.37. The van der Waals surface area contributed by atoms with Crippen LogP contribution in [0.25, 0.3) is 0 Å². The number of carbonyl (C=O) groups is 3. The molecule has 6 heteroatoms. The van der Waals surface area contributed by atoms with Crippen LogP contribution < -0.4 is 5.73 Å². The van der Waals surface area contributed by atoms with E-state index >= 15 is 0 Å². The van der Waals surface area contributed by atoms with E-state index in [9.17, 15) is 19.5 Å². The van der Waals surface area contributed by atoms with E-state index in [1.807, 2.05) is 0 Å². The zero-order valence-corrected chi connectivity index (χ0v) is 9.01. The summed E-state index contributed by atoms with van der Waals surface area (Å²) in [4.78, 5) is 35.6. The summed E-state index contributed by atoms with van der Waals surface area (Å²) >= 11 is 0. The molecule has 3 amide bonds. The fourth-order valence-corrected chi connectivity index (χ4v) is 1.73. The molecule has 1 heterocycles. The first kappa shape index (κ1) is 11.1. The zero-order chi connectivity index (χ0) is 12.7. The van der Waals surface area contributed by atoms with Crippen molar-refractivity contribution in [1.29, 1.82) is 0 Å². The molecule has 0 radical (unpaired) electrons.